The van der Waals surface area contributed by atoms with Crippen molar-refractivity contribution in [2.45, 2.75) is 116 Å². The van der Waals surface area contributed by atoms with Gasteiger partial charge in [0.1, 0.15) is 0 Å². The summed E-state index contributed by atoms with van der Waals surface area (Å²) in [4.78, 5) is 2.89. The van der Waals surface area contributed by atoms with Gasteiger partial charge in [0.2, 0.25) is 0 Å². The molecule has 2 aliphatic carbocycles. The quantitative estimate of drug-likeness (QED) is 0.476. The molecule has 1 saturated heterocycles. The minimum Gasteiger partial charge on any atom is -0.300 e. The van der Waals surface area contributed by atoms with Crippen molar-refractivity contribution in [3.05, 3.63) is 0 Å². The Hall–Kier alpha value is -0.0400. The van der Waals surface area contributed by atoms with Gasteiger partial charge >= 0.3 is 0 Å². The van der Waals surface area contributed by atoms with E-state index in [9.17, 15) is 0 Å². The Bertz CT molecular complexity index is 341. The minimum absolute atomic E-state index is 0.944. The van der Waals surface area contributed by atoms with E-state index in [1.807, 2.05) is 0 Å². The molecule has 0 N–H and O–H groups in total. The molecule has 3 rings (SSSR count). The molecular weight excluding hydrogens is 302 g/mol. The maximum absolute atomic E-state index is 2.89. The number of hydrogen-bond donors (Lipinski definition) is 0. The molecule has 0 radical (unpaired) electrons. The topological polar surface area (TPSA) is 3.24 Å². The highest BCUT2D eigenvalue weighted by Crippen LogP contribution is 2.42. The summed E-state index contributed by atoms with van der Waals surface area (Å²) < 4.78 is 0. The summed E-state index contributed by atoms with van der Waals surface area (Å²) in [5.41, 5.74) is 0. The highest BCUT2D eigenvalue weighted by Gasteiger charge is 2.33. The smallest absolute Gasteiger partial charge is 0.00954 e. The van der Waals surface area contributed by atoms with Gasteiger partial charge in [0.25, 0.3) is 0 Å². The molecule has 0 atom stereocenters. The fourth-order valence-corrected chi connectivity index (χ4v) is 6.39. The molecule has 1 nitrogen and oxygen atoms in total. The summed E-state index contributed by atoms with van der Waals surface area (Å²) in [6.07, 6.45) is 22.5. The van der Waals surface area contributed by atoms with Gasteiger partial charge in [-0.15, -0.1) is 0 Å². The second-order valence-electron chi connectivity index (χ2n) is 9.76. The molecular formula is C24H45N. The van der Waals surface area contributed by atoms with Crippen LogP contribution in [0.3, 0.4) is 0 Å². The SMILES string of the molecule is CCCCC1CCN(C2CCC(C3CCC(CCC)CC3)CC2)CC1. The third kappa shape index (κ3) is 5.72. The van der Waals surface area contributed by atoms with Crippen LogP contribution in [0.25, 0.3) is 0 Å². The lowest BCUT2D eigenvalue weighted by molar-refractivity contribution is 0.0718. The molecule has 1 aliphatic heterocycles. The monoisotopic (exact) mass is 347 g/mol. The van der Waals surface area contributed by atoms with Crippen molar-refractivity contribution in [3.63, 3.8) is 0 Å². The van der Waals surface area contributed by atoms with Crippen LogP contribution in [0.1, 0.15) is 110 Å². The number of rotatable bonds is 7. The Morgan fingerprint density at radius 3 is 1.72 bits per heavy atom. The van der Waals surface area contributed by atoms with Crippen LogP contribution >= 0.6 is 0 Å². The number of nitrogens with zero attached hydrogens (tertiary/aromatic N) is 1. The van der Waals surface area contributed by atoms with Crippen LogP contribution < -0.4 is 0 Å². The van der Waals surface area contributed by atoms with E-state index in [-0.39, 0.29) is 0 Å². The molecule has 0 bridgehead atoms. The predicted molar refractivity (Wildman–Crippen MR) is 110 cm³/mol. The van der Waals surface area contributed by atoms with Crippen LogP contribution in [0.4, 0.5) is 0 Å². The van der Waals surface area contributed by atoms with Crippen LogP contribution in [0.15, 0.2) is 0 Å². The summed E-state index contributed by atoms with van der Waals surface area (Å²) in [6.45, 7) is 7.52. The van der Waals surface area contributed by atoms with Crippen molar-refractivity contribution in [2.75, 3.05) is 13.1 Å². The lowest BCUT2D eigenvalue weighted by Gasteiger charge is -2.43. The Balaban J connectivity index is 1.34. The molecule has 2 saturated carbocycles. The van der Waals surface area contributed by atoms with E-state index in [0.717, 1.165) is 29.7 Å². The van der Waals surface area contributed by atoms with E-state index < -0.39 is 0 Å². The van der Waals surface area contributed by atoms with Gasteiger partial charge in [0, 0.05) is 6.04 Å². The van der Waals surface area contributed by atoms with E-state index in [0.29, 0.717) is 0 Å². The van der Waals surface area contributed by atoms with Gasteiger partial charge in [-0.05, 0) is 88.1 Å². The fourth-order valence-electron chi connectivity index (χ4n) is 6.39. The zero-order valence-corrected chi connectivity index (χ0v) is 17.4. The Labute approximate surface area is 158 Å². The first-order valence-electron chi connectivity index (χ1n) is 12.0. The van der Waals surface area contributed by atoms with Crippen molar-refractivity contribution in [3.8, 4) is 0 Å². The van der Waals surface area contributed by atoms with Crippen LogP contribution in [0.5, 0.6) is 0 Å². The number of likely N-dealkylation sites (tertiary alicyclic amines) is 1. The second-order valence-corrected chi connectivity index (χ2v) is 9.76. The predicted octanol–water partition coefficient (Wildman–Crippen LogP) is 7.05. The van der Waals surface area contributed by atoms with E-state index in [2.05, 4.69) is 18.7 Å². The third-order valence-corrected chi connectivity index (χ3v) is 8.13. The molecule has 25 heavy (non-hydrogen) atoms. The Kier molecular flexibility index (Phi) is 8.15. The minimum atomic E-state index is 0.944. The van der Waals surface area contributed by atoms with E-state index in [1.54, 1.807) is 38.5 Å². The normalized spacial score (nSPS) is 35.8. The van der Waals surface area contributed by atoms with Crippen molar-refractivity contribution in [1.29, 1.82) is 0 Å². The molecule has 146 valence electrons. The van der Waals surface area contributed by atoms with Crippen LogP contribution in [0.2, 0.25) is 0 Å². The second kappa shape index (κ2) is 10.3. The van der Waals surface area contributed by atoms with Gasteiger partial charge in [-0.25, -0.2) is 0 Å². The average Bonchev–Trinajstić information content (AvgIpc) is 2.68. The van der Waals surface area contributed by atoms with Crippen molar-refractivity contribution in [1.82, 2.24) is 4.90 Å². The van der Waals surface area contributed by atoms with Crippen LogP contribution in [-0.4, -0.2) is 24.0 Å². The molecule has 0 aromatic carbocycles. The first-order chi connectivity index (χ1) is 12.3. The standard InChI is InChI=1S/C24H45N/c1-3-5-7-21-16-18-25(19-17-21)24-14-12-23(13-15-24)22-10-8-20(6-4-2)9-11-22/h20-24H,3-19H2,1-2H3. The highest BCUT2D eigenvalue weighted by atomic mass is 15.2. The Morgan fingerprint density at radius 1 is 0.600 bits per heavy atom. The van der Waals surface area contributed by atoms with Crippen LogP contribution in [0, 0.1) is 23.7 Å². The molecule has 0 spiro atoms. The largest absolute Gasteiger partial charge is 0.300 e. The zero-order chi connectivity index (χ0) is 17.5. The van der Waals surface area contributed by atoms with Gasteiger partial charge in [0.05, 0.1) is 0 Å². The summed E-state index contributed by atoms with van der Waals surface area (Å²) in [5.74, 6) is 4.30. The fraction of sp³-hybridized carbons (Fsp3) is 1.00. The lowest BCUT2D eigenvalue weighted by Crippen LogP contribution is -2.43. The van der Waals surface area contributed by atoms with Gasteiger partial charge in [0.15, 0.2) is 0 Å². The van der Waals surface area contributed by atoms with E-state index in [4.69, 9.17) is 0 Å². The molecule has 3 fully saturated rings. The molecule has 3 aliphatic rings. The number of unbranched alkanes of at least 4 members (excludes halogenated alkanes) is 1. The Morgan fingerprint density at radius 2 is 1.16 bits per heavy atom. The van der Waals surface area contributed by atoms with Crippen LogP contribution in [-0.2, 0) is 0 Å². The van der Waals surface area contributed by atoms with Gasteiger partial charge in [-0.3, -0.25) is 0 Å². The summed E-state index contributed by atoms with van der Waals surface area (Å²) in [5, 5.41) is 0. The van der Waals surface area contributed by atoms with Crippen molar-refractivity contribution in [2.24, 2.45) is 23.7 Å². The molecule has 0 unspecified atom stereocenters. The molecule has 0 aromatic rings. The third-order valence-electron chi connectivity index (χ3n) is 8.13. The maximum Gasteiger partial charge on any atom is 0.00954 e. The van der Waals surface area contributed by atoms with E-state index in [1.165, 1.54) is 70.9 Å². The molecule has 1 heteroatoms. The summed E-state index contributed by atoms with van der Waals surface area (Å²) in [7, 11) is 0. The number of piperidine rings is 1. The average molecular weight is 348 g/mol. The number of hydrogen-bond acceptors (Lipinski definition) is 1. The molecule has 0 amide bonds. The first kappa shape index (κ1) is 19.7. The summed E-state index contributed by atoms with van der Waals surface area (Å²) >= 11 is 0. The van der Waals surface area contributed by atoms with Crippen molar-refractivity contribution < 1.29 is 0 Å². The van der Waals surface area contributed by atoms with E-state index >= 15 is 0 Å². The maximum atomic E-state index is 2.89. The van der Waals surface area contributed by atoms with Crippen molar-refractivity contribution >= 4 is 0 Å². The zero-order valence-electron chi connectivity index (χ0n) is 17.4. The highest BCUT2D eigenvalue weighted by molar-refractivity contribution is 4.86. The molecule has 1 heterocycles. The molecule has 0 aromatic heterocycles. The first-order valence-corrected chi connectivity index (χ1v) is 12.0. The van der Waals surface area contributed by atoms with Gasteiger partial charge < -0.3 is 4.90 Å². The summed E-state index contributed by atoms with van der Waals surface area (Å²) in [6, 6.07) is 0.944. The lowest BCUT2D eigenvalue weighted by atomic mass is 9.69. The van der Waals surface area contributed by atoms with Gasteiger partial charge in [-0.1, -0.05) is 58.8 Å². The van der Waals surface area contributed by atoms with Gasteiger partial charge in [-0.2, -0.15) is 0 Å².